The summed E-state index contributed by atoms with van der Waals surface area (Å²) in [6, 6.07) is 8.15. The van der Waals surface area contributed by atoms with Gasteiger partial charge < -0.3 is 0 Å². The van der Waals surface area contributed by atoms with Gasteiger partial charge in [0.2, 0.25) is 6.08 Å². The molecule has 0 fully saturated rings. The molecule has 0 spiro atoms. The Morgan fingerprint density at radius 2 is 2.00 bits per heavy atom. The minimum absolute atomic E-state index is 0.569. The minimum Gasteiger partial charge on any atom is -0.211 e. The van der Waals surface area contributed by atoms with E-state index in [0.717, 1.165) is 17.3 Å². The van der Waals surface area contributed by atoms with Gasteiger partial charge in [-0.3, -0.25) is 0 Å². The fraction of sp³-hybridized carbons (Fsp3) is 0.300. The number of halogens is 1. The third-order valence-corrected chi connectivity index (χ3v) is 2.24. The van der Waals surface area contributed by atoms with Crippen molar-refractivity contribution in [2.75, 3.05) is 6.54 Å². The highest BCUT2D eigenvalue weighted by molar-refractivity contribution is 9.10. The molecule has 0 atom stereocenters. The van der Waals surface area contributed by atoms with Crippen molar-refractivity contribution in [2.45, 2.75) is 12.8 Å². The van der Waals surface area contributed by atoms with Crippen molar-refractivity contribution < 1.29 is 4.79 Å². The van der Waals surface area contributed by atoms with Gasteiger partial charge in [0.25, 0.3) is 0 Å². The Kier molecular flexibility index (Phi) is 4.44. The molecule has 0 aromatic heterocycles. The van der Waals surface area contributed by atoms with Gasteiger partial charge >= 0.3 is 0 Å². The van der Waals surface area contributed by atoms with Gasteiger partial charge in [-0.25, -0.2) is 9.79 Å². The molecule has 0 saturated carbocycles. The van der Waals surface area contributed by atoms with Crippen LogP contribution in [-0.2, 0) is 11.2 Å². The summed E-state index contributed by atoms with van der Waals surface area (Å²) in [5.74, 6) is 0. The summed E-state index contributed by atoms with van der Waals surface area (Å²) in [5, 5.41) is 0. The molecule has 0 aliphatic carbocycles. The van der Waals surface area contributed by atoms with Gasteiger partial charge in [-0.15, -0.1) is 0 Å². The second kappa shape index (κ2) is 5.68. The zero-order valence-corrected chi connectivity index (χ0v) is 8.75. The SMILES string of the molecule is O=C=NCCCc1ccc(Br)cc1. The van der Waals surface area contributed by atoms with E-state index in [1.165, 1.54) is 11.6 Å². The summed E-state index contributed by atoms with van der Waals surface area (Å²) in [7, 11) is 0. The van der Waals surface area contributed by atoms with Crippen molar-refractivity contribution in [3.8, 4) is 0 Å². The average molecular weight is 240 g/mol. The smallest absolute Gasteiger partial charge is 0.211 e. The molecule has 0 N–H and O–H groups in total. The van der Waals surface area contributed by atoms with Crippen LogP contribution < -0.4 is 0 Å². The van der Waals surface area contributed by atoms with E-state index < -0.39 is 0 Å². The van der Waals surface area contributed by atoms with E-state index in [1.807, 2.05) is 12.1 Å². The normalized spacial score (nSPS) is 9.31. The highest BCUT2D eigenvalue weighted by Gasteiger charge is 1.92. The number of carbonyl (C=O) groups excluding carboxylic acids is 1. The minimum atomic E-state index is 0.569. The van der Waals surface area contributed by atoms with Gasteiger partial charge in [-0.1, -0.05) is 28.1 Å². The first kappa shape index (κ1) is 10.2. The third-order valence-electron chi connectivity index (χ3n) is 1.71. The molecule has 1 rings (SSSR count). The first-order valence-electron chi connectivity index (χ1n) is 4.11. The van der Waals surface area contributed by atoms with E-state index in [-0.39, 0.29) is 0 Å². The van der Waals surface area contributed by atoms with E-state index in [4.69, 9.17) is 0 Å². The maximum atomic E-state index is 9.76. The highest BCUT2D eigenvalue weighted by atomic mass is 79.9. The summed E-state index contributed by atoms with van der Waals surface area (Å²) in [6.45, 7) is 0.569. The van der Waals surface area contributed by atoms with Gasteiger partial charge in [0.15, 0.2) is 0 Å². The van der Waals surface area contributed by atoms with Crippen molar-refractivity contribution in [2.24, 2.45) is 4.99 Å². The molecule has 2 nitrogen and oxygen atoms in total. The second-order valence-corrected chi connectivity index (χ2v) is 3.62. The molecule has 0 unspecified atom stereocenters. The van der Waals surface area contributed by atoms with Crippen LogP contribution in [0.2, 0.25) is 0 Å². The highest BCUT2D eigenvalue weighted by Crippen LogP contribution is 2.11. The fourth-order valence-corrected chi connectivity index (χ4v) is 1.32. The van der Waals surface area contributed by atoms with Crippen molar-refractivity contribution in [1.82, 2.24) is 0 Å². The molecule has 3 heteroatoms. The van der Waals surface area contributed by atoms with E-state index in [1.54, 1.807) is 0 Å². The van der Waals surface area contributed by atoms with E-state index in [2.05, 4.69) is 33.1 Å². The van der Waals surface area contributed by atoms with Crippen LogP contribution in [0.25, 0.3) is 0 Å². The Morgan fingerprint density at radius 1 is 1.31 bits per heavy atom. The van der Waals surface area contributed by atoms with E-state index >= 15 is 0 Å². The second-order valence-electron chi connectivity index (χ2n) is 2.70. The first-order valence-corrected chi connectivity index (χ1v) is 4.90. The number of benzene rings is 1. The van der Waals surface area contributed by atoms with Gasteiger partial charge in [0.1, 0.15) is 0 Å². The number of aliphatic imine (C=N–C) groups is 1. The van der Waals surface area contributed by atoms with Gasteiger partial charge in [-0.2, -0.15) is 0 Å². The van der Waals surface area contributed by atoms with Crippen LogP contribution in [0.3, 0.4) is 0 Å². The zero-order chi connectivity index (χ0) is 9.52. The van der Waals surface area contributed by atoms with Gasteiger partial charge in [0.05, 0.1) is 6.54 Å². The third kappa shape index (κ3) is 4.02. The Hall–Kier alpha value is -0.920. The summed E-state index contributed by atoms with van der Waals surface area (Å²) >= 11 is 3.37. The molecule has 68 valence electrons. The summed E-state index contributed by atoms with van der Waals surface area (Å²) < 4.78 is 1.09. The van der Waals surface area contributed by atoms with Crippen LogP contribution in [-0.4, -0.2) is 12.6 Å². The van der Waals surface area contributed by atoms with Crippen LogP contribution in [0.1, 0.15) is 12.0 Å². The van der Waals surface area contributed by atoms with Crippen LogP contribution in [0.15, 0.2) is 33.7 Å². The molecule has 0 aliphatic rings. The molecular weight excluding hydrogens is 230 g/mol. The Morgan fingerprint density at radius 3 is 2.62 bits per heavy atom. The maximum Gasteiger partial charge on any atom is 0.234 e. The molecule has 0 bridgehead atoms. The predicted octanol–water partition coefficient (Wildman–Crippen LogP) is 2.72. The van der Waals surface area contributed by atoms with Crippen molar-refractivity contribution in [3.05, 3.63) is 34.3 Å². The predicted molar refractivity (Wildman–Crippen MR) is 55.5 cm³/mol. The largest absolute Gasteiger partial charge is 0.234 e. The molecule has 0 heterocycles. The van der Waals surface area contributed by atoms with Crippen LogP contribution in [0, 0.1) is 0 Å². The molecule has 0 saturated heterocycles. The number of hydrogen-bond acceptors (Lipinski definition) is 2. The molecular formula is C10H10BrNO. The number of isocyanates is 1. The van der Waals surface area contributed by atoms with Crippen LogP contribution >= 0.6 is 15.9 Å². The lowest BCUT2D eigenvalue weighted by molar-refractivity contribution is 0.562. The van der Waals surface area contributed by atoms with Crippen molar-refractivity contribution in [3.63, 3.8) is 0 Å². The topological polar surface area (TPSA) is 29.4 Å². The summed E-state index contributed by atoms with van der Waals surface area (Å²) in [5.41, 5.74) is 1.27. The number of hydrogen-bond donors (Lipinski definition) is 0. The lowest BCUT2D eigenvalue weighted by atomic mass is 10.1. The quantitative estimate of drug-likeness (QED) is 0.452. The van der Waals surface area contributed by atoms with Gasteiger partial charge in [0, 0.05) is 4.47 Å². The number of nitrogens with zero attached hydrogens (tertiary/aromatic N) is 1. The molecule has 13 heavy (non-hydrogen) atoms. The van der Waals surface area contributed by atoms with E-state index in [9.17, 15) is 4.79 Å². The Balaban J connectivity index is 2.37. The zero-order valence-electron chi connectivity index (χ0n) is 7.16. The Labute approximate surface area is 85.8 Å². The van der Waals surface area contributed by atoms with Crippen LogP contribution in [0.4, 0.5) is 0 Å². The monoisotopic (exact) mass is 239 g/mol. The average Bonchev–Trinajstić information content (AvgIpc) is 2.15. The Bertz CT molecular complexity index is 301. The molecule has 1 aromatic rings. The molecule has 0 amide bonds. The maximum absolute atomic E-state index is 9.76. The van der Waals surface area contributed by atoms with Crippen molar-refractivity contribution in [1.29, 1.82) is 0 Å². The fourth-order valence-electron chi connectivity index (χ4n) is 1.06. The molecule has 0 aliphatic heterocycles. The standard InChI is InChI=1S/C10H10BrNO/c11-10-5-3-9(4-6-10)2-1-7-12-8-13/h3-6H,1-2,7H2. The molecule has 0 radical (unpaired) electrons. The van der Waals surface area contributed by atoms with Crippen LogP contribution in [0.5, 0.6) is 0 Å². The van der Waals surface area contributed by atoms with E-state index in [0.29, 0.717) is 6.54 Å². The summed E-state index contributed by atoms with van der Waals surface area (Å²) in [6.07, 6.45) is 3.39. The lowest BCUT2D eigenvalue weighted by Gasteiger charge is -1.98. The first-order chi connectivity index (χ1) is 6.33. The van der Waals surface area contributed by atoms with Gasteiger partial charge in [-0.05, 0) is 30.5 Å². The number of aryl methyl sites for hydroxylation is 1. The summed E-state index contributed by atoms with van der Waals surface area (Å²) in [4.78, 5) is 13.3. The number of rotatable bonds is 4. The lowest BCUT2D eigenvalue weighted by Crippen LogP contribution is -1.87. The van der Waals surface area contributed by atoms with Crippen molar-refractivity contribution >= 4 is 22.0 Å². The molecule has 1 aromatic carbocycles.